The number of hydrogen-bond acceptors (Lipinski definition) is 0. The molecule has 0 unspecified atom stereocenters. The molecule has 5 radical (unpaired) electrons. The minimum absolute atomic E-state index is 0. The maximum absolute atomic E-state index is 0. The summed E-state index contributed by atoms with van der Waals surface area (Å²) in [6.07, 6.45) is 0. The van der Waals surface area contributed by atoms with E-state index in [-0.39, 0.29) is 73.3 Å². The maximum Gasteiger partial charge on any atom is 3.00 e. The number of hydrogen-bond donors (Lipinski definition) is 0. The van der Waals surface area contributed by atoms with Gasteiger partial charge < -0.3 is 6.15 Å². The van der Waals surface area contributed by atoms with Crippen LogP contribution in [0.1, 0.15) is 0 Å². The fraction of sp³-hybridized carbons (Fsp3) is 0. The minimum atomic E-state index is 0. The van der Waals surface area contributed by atoms with Crippen molar-refractivity contribution < 1.29 is 49.8 Å². The molecule has 0 aromatic heterocycles. The fourth-order valence-electron chi connectivity index (χ4n) is 0. The van der Waals surface area contributed by atoms with E-state index >= 15 is 0 Å². The molecule has 4 heavy (non-hydrogen) atoms. The Labute approximate surface area is 72.4 Å². The maximum atomic E-state index is 0. The van der Waals surface area contributed by atoms with Crippen molar-refractivity contribution in [2.75, 3.05) is 0 Å². The smallest absolute Gasteiger partial charge is 3.00 e. The largest absolute Gasteiger partial charge is 3.00 e. The van der Waals surface area contributed by atoms with Gasteiger partial charge in [-0.2, -0.15) is 0 Å². The normalized spacial score (nSPS) is 0. The van der Waals surface area contributed by atoms with E-state index in [1.807, 2.05) is 0 Å². The summed E-state index contributed by atoms with van der Waals surface area (Å²) in [5.41, 5.74) is 0. The van der Waals surface area contributed by atoms with Crippen molar-refractivity contribution >= 4 is 17.4 Å². The molecule has 0 rings (SSSR count). The van der Waals surface area contributed by atoms with E-state index in [9.17, 15) is 0 Å². The van der Waals surface area contributed by atoms with Crippen LogP contribution in [0.3, 0.4) is 0 Å². The molecule has 0 aromatic rings. The molecule has 0 spiro atoms. The molecule has 0 atom stereocenters. The van der Waals surface area contributed by atoms with Crippen LogP contribution in [-0.4, -0.2) is 17.4 Å². The van der Waals surface area contributed by atoms with Gasteiger partial charge in [-0.3, -0.25) is 0 Å². The van der Waals surface area contributed by atoms with Crippen LogP contribution in [0.2, 0.25) is 0 Å². The first-order chi connectivity index (χ1) is 0. The molecule has 4 heteroatoms. The Bertz CT molecular complexity index is 8.00. The molecule has 0 aliphatic rings. The molecule has 0 amide bonds. The van der Waals surface area contributed by atoms with Gasteiger partial charge in [-0.25, -0.2) is 0 Å². The summed E-state index contributed by atoms with van der Waals surface area (Å²) in [5, 5.41) is 0. The van der Waals surface area contributed by atoms with Gasteiger partial charge in [0.05, 0.1) is 0 Å². The molecule has 0 N–H and O–H groups in total. The first-order valence-electron chi connectivity index (χ1n) is 0. The average molecular weight is 186 g/mol. The van der Waals surface area contributed by atoms with Crippen LogP contribution in [0.15, 0.2) is 0 Å². The zero-order valence-electron chi connectivity index (χ0n) is 1.96. The third-order valence-electron chi connectivity index (χ3n) is 0. The second-order valence-electron chi connectivity index (χ2n) is 0. The molecule has 0 aromatic carbocycles. The van der Waals surface area contributed by atoms with Gasteiger partial charge in [0.25, 0.3) is 0 Å². The molecular formula is AlFeNY. The van der Waals surface area contributed by atoms with Crippen molar-refractivity contribution in [3.8, 4) is 0 Å². The van der Waals surface area contributed by atoms with E-state index in [0.717, 1.165) is 0 Å². The number of nitrogens with zero attached hydrogens (tertiary/aromatic N) is 1. The molecule has 0 fully saturated rings. The van der Waals surface area contributed by atoms with E-state index < -0.39 is 0 Å². The molecule has 19 valence electrons. The van der Waals surface area contributed by atoms with Gasteiger partial charge >= 0.3 is 17.1 Å². The van der Waals surface area contributed by atoms with Gasteiger partial charge in [0.15, 0.2) is 0 Å². The molecular weight excluding hydrogens is 186 g/mol. The summed E-state index contributed by atoms with van der Waals surface area (Å²) in [4.78, 5) is 0. The van der Waals surface area contributed by atoms with Gasteiger partial charge in [0.2, 0.25) is 0 Å². The van der Waals surface area contributed by atoms with Crippen molar-refractivity contribution in [2.24, 2.45) is 0 Å². The van der Waals surface area contributed by atoms with Crippen molar-refractivity contribution in [3.63, 3.8) is 0 Å². The predicted molar refractivity (Wildman–Crippen MR) is 9.11 cm³/mol. The van der Waals surface area contributed by atoms with Crippen LogP contribution in [0, 0.1) is 0 Å². The van der Waals surface area contributed by atoms with Gasteiger partial charge in [-0.1, -0.05) is 0 Å². The van der Waals surface area contributed by atoms with E-state index in [1.165, 1.54) is 0 Å². The van der Waals surface area contributed by atoms with Crippen molar-refractivity contribution in [2.45, 2.75) is 0 Å². The Kier molecular flexibility index (Phi) is 173. The minimum Gasteiger partial charge on any atom is -3.00 e. The first kappa shape index (κ1) is 35.8. The monoisotopic (exact) mass is 186 g/mol. The Morgan fingerprint density at radius 3 is 1.00 bits per heavy atom. The quantitative estimate of drug-likeness (QED) is 0.473. The Morgan fingerprint density at radius 1 is 1.00 bits per heavy atom. The van der Waals surface area contributed by atoms with Crippen LogP contribution in [0.4, 0.5) is 0 Å². The van der Waals surface area contributed by atoms with E-state index in [1.54, 1.807) is 0 Å². The van der Waals surface area contributed by atoms with E-state index in [2.05, 4.69) is 0 Å². The molecule has 0 aliphatic carbocycles. The predicted octanol–water partition coefficient (Wildman–Crippen LogP) is -0.0971. The summed E-state index contributed by atoms with van der Waals surface area (Å²) >= 11 is 0. The fourth-order valence-corrected chi connectivity index (χ4v) is 0. The number of rotatable bonds is 0. The zero-order valence-corrected chi connectivity index (χ0v) is 7.05. The van der Waals surface area contributed by atoms with Crippen LogP contribution < -0.4 is 0 Å². The SMILES string of the molecule is [Al].[Fe+3].[N-3].[Y]. The van der Waals surface area contributed by atoms with E-state index in [4.69, 9.17) is 0 Å². The average Bonchev–Trinajstić information content (AvgIpc) is 0. The molecule has 1 nitrogen and oxygen atoms in total. The zero-order chi connectivity index (χ0) is 0. The first-order valence-corrected chi connectivity index (χ1v) is 0. The van der Waals surface area contributed by atoms with Gasteiger partial charge in [0.1, 0.15) is 0 Å². The summed E-state index contributed by atoms with van der Waals surface area (Å²) < 4.78 is 0. The van der Waals surface area contributed by atoms with Crippen LogP contribution in [0.25, 0.3) is 6.15 Å². The Hall–Kier alpha value is 2.12. The van der Waals surface area contributed by atoms with Crippen molar-refractivity contribution in [3.05, 3.63) is 6.15 Å². The Balaban J connectivity index is 0. The van der Waals surface area contributed by atoms with Crippen molar-refractivity contribution in [1.29, 1.82) is 0 Å². The topological polar surface area (TPSA) is 30.5 Å². The Morgan fingerprint density at radius 2 is 1.00 bits per heavy atom. The summed E-state index contributed by atoms with van der Waals surface area (Å²) in [6.45, 7) is 0. The molecule has 0 bridgehead atoms. The second kappa shape index (κ2) is 19.4. The summed E-state index contributed by atoms with van der Waals surface area (Å²) in [6, 6.07) is 0. The summed E-state index contributed by atoms with van der Waals surface area (Å²) in [5.74, 6) is 0. The molecule has 0 saturated heterocycles. The standard InChI is InChI=1S/Al.Fe.N.Y/q;+3;-3;. The van der Waals surface area contributed by atoms with Crippen molar-refractivity contribution in [1.82, 2.24) is 0 Å². The molecule has 0 saturated carbocycles. The molecule has 0 heterocycles. The van der Waals surface area contributed by atoms with Gasteiger partial charge in [0, 0.05) is 50.1 Å². The van der Waals surface area contributed by atoms with Gasteiger partial charge in [-0.05, 0) is 0 Å². The van der Waals surface area contributed by atoms with Crippen LogP contribution in [-0.2, 0) is 49.8 Å². The van der Waals surface area contributed by atoms with Crippen LogP contribution in [0.5, 0.6) is 0 Å². The third kappa shape index (κ3) is 8.93. The second-order valence-corrected chi connectivity index (χ2v) is 0. The van der Waals surface area contributed by atoms with Gasteiger partial charge in [-0.15, -0.1) is 0 Å². The summed E-state index contributed by atoms with van der Waals surface area (Å²) in [7, 11) is 0. The van der Waals surface area contributed by atoms with E-state index in [0.29, 0.717) is 0 Å². The third-order valence-corrected chi connectivity index (χ3v) is 0. The molecule has 0 aliphatic heterocycles. The van der Waals surface area contributed by atoms with Crippen LogP contribution >= 0.6 is 0 Å².